The number of aromatic nitrogens is 2. The highest BCUT2D eigenvalue weighted by atomic mass is 32.1. The number of fused-ring (bicyclic) bond motifs is 2. The van der Waals surface area contributed by atoms with Gasteiger partial charge in [0.1, 0.15) is 16.4 Å². The minimum atomic E-state index is -0.306. The number of rotatable bonds is 3. The van der Waals surface area contributed by atoms with E-state index in [-0.39, 0.29) is 11.5 Å². The summed E-state index contributed by atoms with van der Waals surface area (Å²) in [5.74, 6) is 1.11. The molecule has 0 atom stereocenters. The maximum Gasteiger partial charge on any atom is 0.266 e. The van der Waals surface area contributed by atoms with Gasteiger partial charge in [0, 0.05) is 19.0 Å². The molecule has 7 nitrogen and oxygen atoms in total. The zero-order chi connectivity index (χ0) is 19.8. The summed E-state index contributed by atoms with van der Waals surface area (Å²) in [6.45, 7) is 2.49. The van der Waals surface area contributed by atoms with E-state index in [4.69, 9.17) is 15.5 Å². The van der Waals surface area contributed by atoms with Crippen LogP contribution in [-0.4, -0.2) is 22.6 Å². The second kappa shape index (κ2) is 7.27. The molecule has 146 valence electrons. The number of nitrogens with zero attached hydrogens (tertiary/aromatic N) is 2. The molecule has 1 aromatic carbocycles. The molecule has 3 aromatic rings. The average Bonchev–Trinajstić information content (AvgIpc) is 2.85. The molecule has 0 aliphatic carbocycles. The van der Waals surface area contributed by atoms with Crippen LogP contribution in [0.1, 0.15) is 40.3 Å². The molecule has 28 heavy (non-hydrogen) atoms. The van der Waals surface area contributed by atoms with Crippen LogP contribution in [0.15, 0.2) is 23.0 Å². The third kappa shape index (κ3) is 3.13. The smallest absolute Gasteiger partial charge is 0.266 e. The molecule has 3 N–H and O–H groups in total. The Morgan fingerprint density at radius 1 is 1.32 bits per heavy atom. The van der Waals surface area contributed by atoms with E-state index in [1.807, 2.05) is 0 Å². The van der Waals surface area contributed by atoms with Crippen LogP contribution in [0.25, 0.3) is 10.2 Å². The second-order valence-electron chi connectivity index (χ2n) is 6.94. The molecule has 1 amide bonds. The SMILES string of the molecule is COc1ccc(N)c(NC(=O)c2sc3nc4n(c(=O)c3c2C)CCCCC4)c1. The number of hydrogen-bond acceptors (Lipinski definition) is 6. The first-order chi connectivity index (χ1) is 13.5. The molecule has 0 unspecified atom stereocenters. The van der Waals surface area contributed by atoms with Gasteiger partial charge in [-0.2, -0.15) is 0 Å². The van der Waals surface area contributed by atoms with E-state index in [0.29, 0.717) is 44.3 Å². The van der Waals surface area contributed by atoms with Crippen LogP contribution in [0.2, 0.25) is 0 Å². The number of thiophene rings is 1. The van der Waals surface area contributed by atoms with Gasteiger partial charge in [-0.1, -0.05) is 6.42 Å². The van der Waals surface area contributed by atoms with E-state index in [1.165, 1.54) is 11.3 Å². The first-order valence-corrected chi connectivity index (χ1v) is 10.1. The number of benzene rings is 1. The van der Waals surface area contributed by atoms with Gasteiger partial charge in [0.05, 0.1) is 28.7 Å². The van der Waals surface area contributed by atoms with Crippen molar-refractivity contribution in [1.29, 1.82) is 0 Å². The zero-order valence-corrected chi connectivity index (χ0v) is 16.7. The molecule has 4 rings (SSSR count). The van der Waals surface area contributed by atoms with E-state index in [2.05, 4.69) is 5.32 Å². The van der Waals surface area contributed by atoms with E-state index in [0.717, 1.165) is 31.5 Å². The lowest BCUT2D eigenvalue weighted by molar-refractivity contribution is 0.103. The van der Waals surface area contributed by atoms with Gasteiger partial charge in [0.15, 0.2) is 0 Å². The lowest BCUT2D eigenvalue weighted by atomic mass is 10.2. The van der Waals surface area contributed by atoms with Crippen molar-refractivity contribution in [2.24, 2.45) is 0 Å². The van der Waals surface area contributed by atoms with Gasteiger partial charge in [-0.3, -0.25) is 14.2 Å². The highest BCUT2D eigenvalue weighted by molar-refractivity contribution is 7.20. The molecule has 3 heterocycles. The van der Waals surface area contributed by atoms with Gasteiger partial charge in [-0.05, 0) is 37.5 Å². The van der Waals surface area contributed by atoms with Crippen LogP contribution < -0.4 is 21.3 Å². The van der Waals surface area contributed by atoms with Gasteiger partial charge < -0.3 is 15.8 Å². The third-order valence-corrected chi connectivity index (χ3v) is 6.31. The van der Waals surface area contributed by atoms with Crippen LogP contribution in [0.3, 0.4) is 0 Å². The van der Waals surface area contributed by atoms with Crippen molar-refractivity contribution in [2.45, 2.75) is 39.2 Å². The van der Waals surface area contributed by atoms with Crippen molar-refractivity contribution < 1.29 is 9.53 Å². The molecule has 2 aromatic heterocycles. The average molecular weight is 398 g/mol. The zero-order valence-electron chi connectivity index (χ0n) is 15.9. The van der Waals surface area contributed by atoms with Gasteiger partial charge in [-0.15, -0.1) is 11.3 Å². The van der Waals surface area contributed by atoms with E-state index in [1.54, 1.807) is 36.8 Å². The second-order valence-corrected chi connectivity index (χ2v) is 7.94. The normalized spacial score (nSPS) is 13.8. The predicted octanol–water partition coefficient (Wildman–Crippen LogP) is 3.34. The highest BCUT2D eigenvalue weighted by Crippen LogP contribution is 2.30. The Kier molecular flexibility index (Phi) is 4.80. The largest absolute Gasteiger partial charge is 0.497 e. The van der Waals surface area contributed by atoms with Crippen LogP contribution in [0.4, 0.5) is 11.4 Å². The number of nitrogens with one attached hydrogen (secondary N) is 1. The van der Waals surface area contributed by atoms with Crippen molar-refractivity contribution in [3.63, 3.8) is 0 Å². The lowest BCUT2D eigenvalue weighted by Gasteiger charge is -2.09. The van der Waals surface area contributed by atoms with Crippen molar-refractivity contribution in [3.8, 4) is 5.75 Å². The van der Waals surface area contributed by atoms with Gasteiger partial charge in [0.25, 0.3) is 11.5 Å². The summed E-state index contributed by atoms with van der Waals surface area (Å²) in [7, 11) is 1.55. The molecule has 0 radical (unpaired) electrons. The van der Waals surface area contributed by atoms with E-state index < -0.39 is 0 Å². The molecule has 0 bridgehead atoms. The van der Waals surface area contributed by atoms with E-state index >= 15 is 0 Å². The monoisotopic (exact) mass is 398 g/mol. The summed E-state index contributed by atoms with van der Waals surface area (Å²) in [6, 6.07) is 5.08. The maximum absolute atomic E-state index is 13.0. The fourth-order valence-electron chi connectivity index (χ4n) is 3.58. The molecule has 8 heteroatoms. The summed E-state index contributed by atoms with van der Waals surface area (Å²) in [5, 5.41) is 3.37. The van der Waals surface area contributed by atoms with Crippen molar-refractivity contribution >= 4 is 38.8 Å². The van der Waals surface area contributed by atoms with Crippen molar-refractivity contribution in [2.75, 3.05) is 18.2 Å². The number of nitrogens with two attached hydrogens (primary N) is 1. The molecule has 1 aliphatic rings. The number of carbonyl (C=O) groups is 1. The van der Waals surface area contributed by atoms with Crippen LogP contribution in [0.5, 0.6) is 5.75 Å². The van der Waals surface area contributed by atoms with Crippen LogP contribution in [0, 0.1) is 6.92 Å². The number of amides is 1. The molecule has 0 fully saturated rings. The van der Waals surface area contributed by atoms with Gasteiger partial charge in [0.2, 0.25) is 0 Å². The number of aryl methyl sites for hydroxylation is 2. The predicted molar refractivity (Wildman–Crippen MR) is 112 cm³/mol. The maximum atomic E-state index is 13.0. The summed E-state index contributed by atoms with van der Waals surface area (Å²) in [6.07, 6.45) is 3.91. The van der Waals surface area contributed by atoms with E-state index in [9.17, 15) is 9.59 Å². The van der Waals surface area contributed by atoms with Gasteiger partial charge >= 0.3 is 0 Å². The van der Waals surface area contributed by atoms with Gasteiger partial charge in [-0.25, -0.2) is 4.98 Å². The fraction of sp³-hybridized carbons (Fsp3) is 0.350. The standard InChI is InChI=1S/C20H22N4O3S/c1-11-16-19(23-15-6-4-3-5-9-24(15)20(16)26)28-17(11)18(25)22-14-10-12(27-2)7-8-13(14)21/h7-8,10H,3-6,9,21H2,1-2H3,(H,22,25). The quantitative estimate of drug-likeness (QED) is 0.659. The topological polar surface area (TPSA) is 99.2 Å². The Hall–Kier alpha value is -2.87. The number of hydrogen-bond donors (Lipinski definition) is 2. The van der Waals surface area contributed by atoms with Crippen LogP contribution >= 0.6 is 11.3 Å². The molecular formula is C20H22N4O3S. The summed E-state index contributed by atoms with van der Waals surface area (Å²) < 4.78 is 6.97. The minimum absolute atomic E-state index is 0.0457. The fourth-order valence-corrected chi connectivity index (χ4v) is 4.66. The Morgan fingerprint density at radius 3 is 2.93 bits per heavy atom. The Balaban J connectivity index is 1.75. The Morgan fingerprint density at radius 2 is 2.14 bits per heavy atom. The highest BCUT2D eigenvalue weighted by Gasteiger charge is 2.22. The van der Waals surface area contributed by atoms with Crippen molar-refractivity contribution in [1.82, 2.24) is 9.55 Å². The summed E-state index contributed by atoms with van der Waals surface area (Å²) in [5.41, 5.74) is 7.51. The van der Waals surface area contributed by atoms with Crippen molar-refractivity contribution in [3.05, 3.63) is 44.8 Å². The molecule has 0 spiro atoms. The summed E-state index contributed by atoms with van der Waals surface area (Å²) >= 11 is 1.25. The first-order valence-electron chi connectivity index (χ1n) is 9.27. The number of nitrogen functional groups attached to an aromatic ring is 1. The number of carbonyl (C=O) groups excluding carboxylic acids is 1. The Labute approximate surface area is 166 Å². The van der Waals surface area contributed by atoms with Crippen LogP contribution in [-0.2, 0) is 13.0 Å². The molecular weight excluding hydrogens is 376 g/mol. The molecule has 0 saturated carbocycles. The third-order valence-electron chi connectivity index (χ3n) is 5.13. The molecule has 1 aliphatic heterocycles. The molecule has 0 saturated heterocycles. The summed E-state index contributed by atoms with van der Waals surface area (Å²) in [4.78, 5) is 31.8. The first kappa shape index (κ1) is 18.5. The number of anilines is 2. The number of methoxy groups -OCH3 is 1. The lowest BCUT2D eigenvalue weighted by Crippen LogP contribution is -2.24. The number of ether oxygens (including phenoxy) is 1. The minimum Gasteiger partial charge on any atom is -0.497 e. The Bertz CT molecular complexity index is 1130.